The predicted molar refractivity (Wildman–Crippen MR) is 109 cm³/mol. The summed E-state index contributed by atoms with van der Waals surface area (Å²) in [4.78, 5) is 27.3. The van der Waals surface area contributed by atoms with E-state index in [-0.39, 0.29) is 23.2 Å². The molecule has 0 spiro atoms. The molecule has 1 saturated heterocycles. The number of ether oxygens (including phenoxy) is 1. The SMILES string of the molecule is COC(=O)c1ccccc1C1CCN(C(=O)C2(c3ccc(Cl)cc3)CC2)CC1. The highest BCUT2D eigenvalue weighted by Crippen LogP contribution is 2.50. The molecule has 28 heavy (non-hydrogen) atoms. The van der Waals surface area contributed by atoms with Gasteiger partial charge < -0.3 is 9.64 Å². The van der Waals surface area contributed by atoms with Crippen molar-refractivity contribution in [3.8, 4) is 0 Å². The highest BCUT2D eigenvalue weighted by Gasteiger charge is 2.53. The zero-order chi connectivity index (χ0) is 19.7. The van der Waals surface area contributed by atoms with Crippen LogP contribution in [0.1, 0.15) is 53.1 Å². The number of benzene rings is 2. The van der Waals surface area contributed by atoms with E-state index in [1.807, 2.05) is 53.4 Å². The minimum Gasteiger partial charge on any atom is -0.465 e. The Balaban J connectivity index is 1.46. The van der Waals surface area contributed by atoms with Crippen molar-refractivity contribution in [2.24, 2.45) is 0 Å². The second kappa shape index (κ2) is 7.59. The van der Waals surface area contributed by atoms with Gasteiger partial charge in [-0.25, -0.2) is 4.79 Å². The van der Waals surface area contributed by atoms with Gasteiger partial charge >= 0.3 is 5.97 Å². The van der Waals surface area contributed by atoms with E-state index < -0.39 is 0 Å². The van der Waals surface area contributed by atoms with E-state index in [0.29, 0.717) is 23.7 Å². The van der Waals surface area contributed by atoms with Crippen molar-refractivity contribution in [1.29, 1.82) is 0 Å². The number of amides is 1. The first-order valence-corrected chi connectivity index (χ1v) is 10.2. The molecule has 0 atom stereocenters. The molecule has 1 aliphatic heterocycles. The summed E-state index contributed by atoms with van der Waals surface area (Å²) < 4.78 is 4.92. The lowest BCUT2D eigenvalue weighted by atomic mass is 9.85. The van der Waals surface area contributed by atoms with Crippen molar-refractivity contribution in [2.45, 2.75) is 37.0 Å². The third-order valence-electron chi connectivity index (χ3n) is 6.14. The second-order valence-electron chi connectivity index (χ2n) is 7.73. The van der Waals surface area contributed by atoms with Gasteiger partial charge in [-0.2, -0.15) is 0 Å². The smallest absolute Gasteiger partial charge is 0.338 e. The molecule has 0 N–H and O–H groups in total. The van der Waals surface area contributed by atoms with Crippen LogP contribution in [0, 0.1) is 0 Å². The molecule has 2 aromatic rings. The number of methoxy groups -OCH3 is 1. The third-order valence-corrected chi connectivity index (χ3v) is 6.40. The monoisotopic (exact) mass is 397 g/mol. The molecular formula is C23H24ClNO3. The second-order valence-corrected chi connectivity index (χ2v) is 8.17. The highest BCUT2D eigenvalue weighted by atomic mass is 35.5. The number of nitrogens with zero attached hydrogens (tertiary/aromatic N) is 1. The molecule has 1 saturated carbocycles. The highest BCUT2D eigenvalue weighted by molar-refractivity contribution is 6.30. The maximum atomic E-state index is 13.3. The Morgan fingerprint density at radius 2 is 1.68 bits per heavy atom. The van der Waals surface area contributed by atoms with Crippen LogP contribution in [0.25, 0.3) is 0 Å². The van der Waals surface area contributed by atoms with Crippen LogP contribution in [0.4, 0.5) is 0 Å². The summed E-state index contributed by atoms with van der Waals surface area (Å²) in [7, 11) is 1.41. The first-order valence-electron chi connectivity index (χ1n) is 9.78. The summed E-state index contributed by atoms with van der Waals surface area (Å²) >= 11 is 6.00. The Morgan fingerprint density at radius 3 is 2.29 bits per heavy atom. The van der Waals surface area contributed by atoms with E-state index in [0.717, 1.165) is 36.8 Å². The number of likely N-dealkylation sites (tertiary alicyclic amines) is 1. The van der Waals surface area contributed by atoms with Crippen LogP contribution in [0.5, 0.6) is 0 Å². The zero-order valence-corrected chi connectivity index (χ0v) is 16.7. The molecule has 146 valence electrons. The molecule has 4 rings (SSSR count). The van der Waals surface area contributed by atoms with Crippen molar-refractivity contribution in [2.75, 3.05) is 20.2 Å². The fourth-order valence-electron chi connectivity index (χ4n) is 4.37. The van der Waals surface area contributed by atoms with Crippen LogP contribution >= 0.6 is 11.6 Å². The molecule has 0 radical (unpaired) electrons. The van der Waals surface area contributed by atoms with E-state index in [2.05, 4.69) is 0 Å². The number of piperidine rings is 1. The number of esters is 1. The molecule has 5 heteroatoms. The van der Waals surface area contributed by atoms with Crippen LogP contribution < -0.4 is 0 Å². The Bertz CT molecular complexity index is 881. The minimum absolute atomic E-state index is 0.231. The van der Waals surface area contributed by atoms with Crippen LogP contribution in [-0.2, 0) is 14.9 Å². The van der Waals surface area contributed by atoms with Gasteiger partial charge in [0.1, 0.15) is 0 Å². The lowest BCUT2D eigenvalue weighted by Gasteiger charge is -2.35. The number of rotatable bonds is 4. The van der Waals surface area contributed by atoms with E-state index >= 15 is 0 Å². The maximum absolute atomic E-state index is 13.3. The number of hydrogen-bond acceptors (Lipinski definition) is 3. The molecular weight excluding hydrogens is 374 g/mol. The van der Waals surface area contributed by atoms with Gasteiger partial charge in [0.15, 0.2) is 0 Å². The molecule has 1 heterocycles. The maximum Gasteiger partial charge on any atom is 0.338 e. The van der Waals surface area contributed by atoms with Gasteiger partial charge in [-0.05, 0) is 60.9 Å². The Hall–Kier alpha value is -2.33. The van der Waals surface area contributed by atoms with Gasteiger partial charge in [0, 0.05) is 18.1 Å². The molecule has 1 aliphatic carbocycles. The molecule has 0 bridgehead atoms. The van der Waals surface area contributed by atoms with Crippen LogP contribution in [0.15, 0.2) is 48.5 Å². The van der Waals surface area contributed by atoms with Gasteiger partial charge in [0.2, 0.25) is 5.91 Å². The fourth-order valence-corrected chi connectivity index (χ4v) is 4.49. The molecule has 0 aromatic heterocycles. The standard InChI is InChI=1S/C23H24ClNO3/c1-28-21(26)20-5-3-2-4-19(20)16-10-14-25(15-11-16)22(27)23(12-13-23)17-6-8-18(24)9-7-17/h2-9,16H,10-15H2,1H3. The lowest BCUT2D eigenvalue weighted by molar-refractivity contribution is -0.135. The first kappa shape index (κ1) is 19.0. The predicted octanol–water partition coefficient (Wildman–Crippen LogP) is 4.56. The summed E-state index contributed by atoms with van der Waals surface area (Å²) in [6.07, 6.45) is 3.52. The number of halogens is 1. The Morgan fingerprint density at radius 1 is 1.04 bits per heavy atom. The zero-order valence-electron chi connectivity index (χ0n) is 16.0. The largest absolute Gasteiger partial charge is 0.465 e. The summed E-state index contributed by atoms with van der Waals surface area (Å²) in [6, 6.07) is 15.3. The Labute approximate surface area is 170 Å². The summed E-state index contributed by atoms with van der Waals surface area (Å²) in [5, 5.41) is 0.692. The van der Waals surface area contributed by atoms with E-state index in [1.54, 1.807) is 0 Å². The molecule has 4 nitrogen and oxygen atoms in total. The summed E-state index contributed by atoms with van der Waals surface area (Å²) in [5.74, 6) is 0.202. The number of carbonyl (C=O) groups is 2. The molecule has 2 fully saturated rings. The van der Waals surface area contributed by atoms with Gasteiger partial charge in [0.05, 0.1) is 18.1 Å². The quantitative estimate of drug-likeness (QED) is 0.710. The van der Waals surface area contributed by atoms with Crippen molar-refractivity contribution in [1.82, 2.24) is 4.90 Å². The summed E-state index contributed by atoms with van der Waals surface area (Å²) in [5.41, 5.74) is 2.37. The lowest BCUT2D eigenvalue weighted by Crippen LogP contribution is -2.43. The van der Waals surface area contributed by atoms with Crippen molar-refractivity contribution in [3.05, 3.63) is 70.2 Å². The molecule has 1 amide bonds. The molecule has 2 aromatic carbocycles. The Kier molecular flexibility index (Phi) is 5.15. The average molecular weight is 398 g/mol. The molecule has 2 aliphatic rings. The van der Waals surface area contributed by atoms with Crippen LogP contribution in [0.3, 0.4) is 0 Å². The van der Waals surface area contributed by atoms with E-state index in [4.69, 9.17) is 16.3 Å². The number of hydrogen-bond donors (Lipinski definition) is 0. The summed E-state index contributed by atoms with van der Waals surface area (Å²) in [6.45, 7) is 1.43. The van der Waals surface area contributed by atoms with Gasteiger partial charge in [-0.15, -0.1) is 0 Å². The van der Waals surface area contributed by atoms with Crippen molar-refractivity contribution in [3.63, 3.8) is 0 Å². The van der Waals surface area contributed by atoms with Crippen LogP contribution in [-0.4, -0.2) is 37.0 Å². The van der Waals surface area contributed by atoms with Crippen LogP contribution in [0.2, 0.25) is 5.02 Å². The topological polar surface area (TPSA) is 46.6 Å². The van der Waals surface area contributed by atoms with E-state index in [9.17, 15) is 9.59 Å². The third kappa shape index (κ3) is 3.42. The van der Waals surface area contributed by atoms with Gasteiger partial charge in [-0.3, -0.25) is 4.79 Å². The van der Waals surface area contributed by atoms with Gasteiger partial charge in [-0.1, -0.05) is 41.9 Å². The first-order chi connectivity index (χ1) is 13.5. The van der Waals surface area contributed by atoms with Crippen molar-refractivity contribution < 1.29 is 14.3 Å². The number of carbonyl (C=O) groups excluding carboxylic acids is 2. The minimum atomic E-state index is -0.360. The van der Waals surface area contributed by atoms with E-state index in [1.165, 1.54) is 7.11 Å². The fraction of sp³-hybridized carbons (Fsp3) is 0.391. The van der Waals surface area contributed by atoms with Gasteiger partial charge in [0.25, 0.3) is 0 Å². The average Bonchev–Trinajstić information content (AvgIpc) is 3.55. The normalized spacial score (nSPS) is 18.6. The van der Waals surface area contributed by atoms with Crippen molar-refractivity contribution >= 4 is 23.5 Å². The molecule has 0 unspecified atom stereocenters.